The Morgan fingerprint density at radius 2 is 2.09 bits per heavy atom. The fraction of sp³-hybridized carbons (Fsp3) is 0.588. The quantitative estimate of drug-likeness (QED) is 0.925. The third-order valence-corrected chi connectivity index (χ3v) is 4.91. The molecule has 4 nitrogen and oxygen atoms in total. The van der Waals surface area contributed by atoms with Crippen LogP contribution in [-0.4, -0.2) is 49.6 Å². The first-order valence-electron chi connectivity index (χ1n) is 8.24. The lowest BCUT2D eigenvalue weighted by molar-refractivity contribution is -0.131. The van der Waals surface area contributed by atoms with Crippen molar-refractivity contribution in [2.45, 2.75) is 31.7 Å². The lowest BCUT2D eigenvalue weighted by Crippen LogP contribution is -2.49. The highest BCUT2D eigenvalue weighted by molar-refractivity contribution is 6.30. The van der Waals surface area contributed by atoms with E-state index in [4.69, 9.17) is 11.6 Å². The van der Waals surface area contributed by atoms with E-state index in [1.54, 1.807) is 0 Å². The molecule has 0 aromatic heterocycles. The molecule has 1 unspecified atom stereocenters. The smallest absolute Gasteiger partial charge is 0.222 e. The molecule has 2 aliphatic heterocycles. The first-order chi connectivity index (χ1) is 10.7. The summed E-state index contributed by atoms with van der Waals surface area (Å²) in [5.41, 5.74) is 1.15. The van der Waals surface area contributed by atoms with Gasteiger partial charge in [-0.1, -0.05) is 17.7 Å². The number of halogens is 1. The molecule has 2 aliphatic rings. The van der Waals surface area contributed by atoms with Gasteiger partial charge in [0.1, 0.15) is 0 Å². The molecule has 1 amide bonds. The Morgan fingerprint density at radius 3 is 2.77 bits per heavy atom. The number of rotatable bonds is 4. The van der Waals surface area contributed by atoms with Crippen LogP contribution in [0.1, 0.15) is 25.7 Å². The summed E-state index contributed by atoms with van der Waals surface area (Å²) < 4.78 is 0. The molecule has 0 radical (unpaired) electrons. The van der Waals surface area contributed by atoms with Crippen molar-refractivity contribution in [2.75, 3.05) is 37.6 Å². The Morgan fingerprint density at radius 1 is 1.27 bits per heavy atom. The van der Waals surface area contributed by atoms with Gasteiger partial charge in [0.15, 0.2) is 0 Å². The minimum absolute atomic E-state index is 0.305. The maximum atomic E-state index is 12.3. The second kappa shape index (κ2) is 7.34. The average Bonchev–Trinajstić information content (AvgIpc) is 3.06. The van der Waals surface area contributed by atoms with Crippen LogP contribution in [0.5, 0.6) is 0 Å². The summed E-state index contributed by atoms with van der Waals surface area (Å²) in [6, 6.07) is 8.49. The van der Waals surface area contributed by atoms with Crippen LogP contribution in [0.15, 0.2) is 24.3 Å². The molecule has 1 atom stereocenters. The number of benzene rings is 1. The number of anilines is 1. The zero-order chi connectivity index (χ0) is 15.4. The van der Waals surface area contributed by atoms with Crippen LogP contribution in [-0.2, 0) is 4.79 Å². The molecule has 0 bridgehead atoms. The molecule has 0 spiro atoms. The van der Waals surface area contributed by atoms with E-state index in [1.807, 2.05) is 23.1 Å². The number of nitrogens with zero attached hydrogens (tertiary/aromatic N) is 2. The van der Waals surface area contributed by atoms with E-state index < -0.39 is 0 Å². The topological polar surface area (TPSA) is 35.6 Å². The van der Waals surface area contributed by atoms with Crippen molar-refractivity contribution >= 4 is 23.2 Å². The van der Waals surface area contributed by atoms with E-state index in [9.17, 15) is 4.79 Å². The van der Waals surface area contributed by atoms with E-state index in [1.165, 1.54) is 12.8 Å². The van der Waals surface area contributed by atoms with Gasteiger partial charge in [-0.2, -0.15) is 0 Å². The maximum absolute atomic E-state index is 12.3. The van der Waals surface area contributed by atoms with Crippen LogP contribution < -0.4 is 10.2 Å². The Kier molecular flexibility index (Phi) is 5.21. The molecule has 2 saturated heterocycles. The predicted octanol–water partition coefficient (Wildman–Crippen LogP) is 2.52. The summed E-state index contributed by atoms with van der Waals surface area (Å²) in [6.07, 6.45) is 4.12. The maximum Gasteiger partial charge on any atom is 0.222 e. The molecule has 0 aliphatic carbocycles. The van der Waals surface area contributed by atoms with Gasteiger partial charge in [-0.25, -0.2) is 0 Å². The first kappa shape index (κ1) is 15.6. The van der Waals surface area contributed by atoms with Gasteiger partial charge in [0, 0.05) is 49.4 Å². The minimum Gasteiger partial charge on any atom is -0.368 e. The second-order valence-electron chi connectivity index (χ2n) is 6.18. The van der Waals surface area contributed by atoms with E-state index in [-0.39, 0.29) is 0 Å². The first-order valence-corrected chi connectivity index (χ1v) is 8.62. The highest BCUT2D eigenvalue weighted by atomic mass is 35.5. The summed E-state index contributed by atoms with van der Waals surface area (Å²) in [6.45, 7) is 4.49. The van der Waals surface area contributed by atoms with E-state index in [0.717, 1.165) is 49.9 Å². The van der Waals surface area contributed by atoms with Gasteiger partial charge in [0.25, 0.3) is 0 Å². The molecule has 1 N–H and O–H groups in total. The van der Waals surface area contributed by atoms with Crippen LogP contribution in [0.4, 0.5) is 5.69 Å². The summed E-state index contributed by atoms with van der Waals surface area (Å²) >= 11 is 6.05. The molecular weight excluding hydrogens is 298 g/mol. The van der Waals surface area contributed by atoms with E-state index in [0.29, 0.717) is 18.4 Å². The van der Waals surface area contributed by atoms with Crippen molar-refractivity contribution in [3.05, 3.63) is 29.3 Å². The highest BCUT2D eigenvalue weighted by Gasteiger charge is 2.22. The lowest BCUT2D eigenvalue weighted by Gasteiger charge is -2.36. The lowest BCUT2D eigenvalue weighted by atomic mass is 10.1. The van der Waals surface area contributed by atoms with Crippen molar-refractivity contribution in [3.63, 3.8) is 0 Å². The van der Waals surface area contributed by atoms with Crippen LogP contribution in [0.3, 0.4) is 0 Å². The molecular formula is C17H24ClN3O. The second-order valence-corrected chi connectivity index (χ2v) is 6.62. The molecule has 2 heterocycles. The number of carbonyl (C=O) groups is 1. The van der Waals surface area contributed by atoms with Gasteiger partial charge in [-0.3, -0.25) is 4.79 Å². The Balaban J connectivity index is 1.45. The number of carbonyl (C=O) groups excluding carboxylic acids is 1. The molecule has 0 saturated carbocycles. The van der Waals surface area contributed by atoms with Crippen molar-refractivity contribution in [2.24, 2.45) is 0 Å². The van der Waals surface area contributed by atoms with E-state index >= 15 is 0 Å². The van der Waals surface area contributed by atoms with Crippen molar-refractivity contribution in [1.29, 1.82) is 0 Å². The Bertz CT molecular complexity index is 508. The van der Waals surface area contributed by atoms with Crippen molar-refractivity contribution in [3.8, 4) is 0 Å². The van der Waals surface area contributed by atoms with Crippen LogP contribution in [0.25, 0.3) is 0 Å². The molecule has 3 rings (SSSR count). The molecule has 2 fully saturated rings. The largest absolute Gasteiger partial charge is 0.368 e. The predicted molar refractivity (Wildman–Crippen MR) is 90.5 cm³/mol. The third kappa shape index (κ3) is 3.93. The molecule has 5 heteroatoms. The van der Waals surface area contributed by atoms with Crippen molar-refractivity contribution < 1.29 is 4.79 Å². The Hall–Kier alpha value is -1.26. The summed E-state index contributed by atoms with van der Waals surface area (Å²) in [5, 5.41) is 4.22. The van der Waals surface area contributed by atoms with Crippen LogP contribution in [0.2, 0.25) is 5.02 Å². The number of nitrogens with one attached hydrogen (secondary N) is 1. The van der Waals surface area contributed by atoms with Crippen LogP contribution in [0, 0.1) is 0 Å². The number of hydrogen-bond donors (Lipinski definition) is 1. The average molecular weight is 322 g/mol. The minimum atomic E-state index is 0.305. The molecule has 22 heavy (non-hydrogen) atoms. The highest BCUT2D eigenvalue weighted by Crippen LogP contribution is 2.21. The number of hydrogen-bond acceptors (Lipinski definition) is 3. The molecule has 1 aromatic rings. The SMILES string of the molecule is O=C(CCC1CCCN1)N1CCN(c2cccc(Cl)c2)CC1. The van der Waals surface area contributed by atoms with Gasteiger partial charge in [-0.15, -0.1) is 0 Å². The fourth-order valence-corrected chi connectivity index (χ4v) is 3.53. The third-order valence-electron chi connectivity index (χ3n) is 4.67. The van der Waals surface area contributed by atoms with Gasteiger partial charge in [0.2, 0.25) is 5.91 Å². The van der Waals surface area contributed by atoms with Gasteiger partial charge in [-0.05, 0) is 44.0 Å². The number of amides is 1. The molecule has 1 aromatic carbocycles. The summed E-state index contributed by atoms with van der Waals surface area (Å²) in [4.78, 5) is 16.6. The standard InChI is InChI=1S/C17H24ClN3O/c18-14-3-1-5-16(13-14)20-9-11-21(12-10-20)17(22)7-6-15-4-2-8-19-15/h1,3,5,13,15,19H,2,4,6-12H2. The van der Waals surface area contributed by atoms with E-state index in [2.05, 4.69) is 16.3 Å². The zero-order valence-corrected chi connectivity index (χ0v) is 13.7. The monoisotopic (exact) mass is 321 g/mol. The van der Waals surface area contributed by atoms with Gasteiger partial charge in [0.05, 0.1) is 0 Å². The van der Waals surface area contributed by atoms with Gasteiger partial charge < -0.3 is 15.1 Å². The van der Waals surface area contributed by atoms with Gasteiger partial charge >= 0.3 is 0 Å². The normalized spacial score (nSPS) is 22.1. The fourth-order valence-electron chi connectivity index (χ4n) is 3.35. The zero-order valence-electron chi connectivity index (χ0n) is 12.9. The summed E-state index contributed by atoms with van der Waals surface area (Å²) in [5.74, 6) is 0.305. The van der Waals surface area contributed by atoms with Crippen LogP contribution >= 0.6 is 11.6 Å². The summed E-state index contributed by atoms with van der Waals surface area (Å²) in [7, 11) is 0. The molecule has 120 valence electrons. The Labute approximate surface area is 137 Å². The van der Waals surface area contributed by atoms with Crippen molar-refractivity contribution in [1.82, 2.24) is 10.2 Å². The number of piperazine rings is 1.